The minimum Gasteiger partial charge on any atom is -0.493 e. The molecule has 0 saturated heterocycles. The molecular formula is C17H26BrNO. The lowest BCUT2D eigenvalue weighted by Gasteiger charge is -2.08. The molecule has 0 heterocycles. The van der Waals surface area contributed by atoms with Gasteiger partial charge in [0.2, 0.25) is 0 Å². The lowest BCUT2D eigenvalue weighted by molar-refractivity contribution is 0.338. The van der Waals surface area contributed by atoms with Crippen LogP contribution in [0.25, 0.3) is 0 Å². The van der Waals surface area contributed by atoms with E-state index in [4.69, 9.17) is 4.74 Å². The normalized spacial score (nSPS) is 14.5. The van der Waals surface area contributed by atoms with Crippen LogP contribution in [0.1, 0.15) is 51.0 Å². The van der Waals surface area contributed by atoms with Gasteiger partial charge >= 0.3 is 0 Å². The summed E-state index contributed by atoms with van der Waals surface area (Å²) in [5, 5.41) is 3.57. The summed E-state index contributed by atoms with van der Waals surface area (Å²) in [7, 11) is 0. The van der Waals surface area contributed by atoms with Crippen molar-refractivity contribution in [1.82, 2.24) is 5.32 Å². The number of rotatable bonds is 10. The van der Waals surface area contributed by atoms with Crippen LogP contribution in [0.5, 0.6) is 5.75 Å². The molecular weight excluding hydrogens is 314 g/mol. The van der Waals surface area contributed by atoms with Crippen molar-refractivity contribution < 1.29 is 4.74 Å². The van der Waals surface area contributed by atoms with Gasteiger partial charge < -0.3 is 10.1 Å². The van der Waals surface area contributed by atoms with Crippen molar-refractivity contribution in [2.45, 2.75) is 57.9 Å². The Morgan fingerprint density at radius 3 is 2.70 bits per heavy atom. The molecule has 112 valence electrons. The average Bonchev–Trinajstić information content (AvgIpc) is 3.25. The highest BCUT2D eigenvalue weighted by Gasteiger charge is 2.19. The number of unbranched alkanes of at least 4 members (excludes halogenated alkanes) is 3. The van der Waals surface area contributed by atoms with Crippen molar-refractivity contribution in [2.75, 3.05) is 13.2 Å². The predicted molar refractivity (Wildman–Crippen MR) is 88.5 cm³/mol. The van der Waals surface area contributed by atoms with E-state index < -0.39 is 0 Å². The van der Waals surface area contributed by atoms with E-state index >= 15 is 0 Å². The second kappa shape index (κ2) is 8.68. The van der Waals surface area contributed by atoms with Gasteiger partial charge in [0.1, 0.15) is 5.75 Å². The molecule has 0 spiro atoms. The summed E-state index contributed by atoms with van der Waals surface area (Å²) < 4.78 is 6.61. The van der Waals surface area contributed by atoms with Crippen molar-refractivity contribution >= 4 is 15.9 Å². The molecule has 1 N–H and O–H groups in total. The predicted octanol–water partition coefficient (Wildman–Crippen LogP) is 4.70. The van der Waals surface area contributed by atoms with Gasteiger partial charge in [-0.2, -0.15) is 0 Å². The molecule has 0 atom stereocenters. The number of hydrogen-bond donors (Lipinski definition) is 1. The first-order valence-electron chi connectivity index (χ1n) is 7.94. The van der Waals surface area contributed by atoms with Gasteiger partial charge in [0.05, 0.1) is 11.1 Å². The van der Waals surface area contributed by atoms with Gasteiger partial charge in [-0.25, -0.2) is 0 Å². The summed E-state index contributed by atoms with van der Waals surface area (Å²) in [6.45, 7) is 3.94. The fourth-order valence-electron chi connectivity index (χ4n) is 2.37. The van der Waals surface area contributed by atoms with Crippen molar-refractivity contribution in [3.05, 3.63) is 28.2 Å². The van der Waals surface area contributed by atoms with E-state index in [2.05, 4.69) is 39.4 Å². The summed E-state index contributed by atoms with van der Waals surface area (Å²) in [6, 6.07) is 7.31. The third-order valence-electron chi connectivity index (χ3n) is 3.70. The first-order chi connectivity index (χ1) is 9.79. The van der Waals surface area contributed by atoms with Crippen LogP contribution in [-0.2, 0) is 6.42 Å². The molecule has 0 unspecified atom stereocenters. The van der Waals surface area contributed by atoms with E-state index in [1.807, 2.05) is 6.92 Å². The Labute approximate surface area is 131 Å². The topological polar surface area (TPSA) is 21.3 Å². The van der Waals surface area contributed by atoms with Gasteiger partial charge in [0.15, 0.2) is 0 Å². The minimum atomic E-state index is 0.715. The van der Waals surface area contributed by atoms with Crippen LogP contribution in [-0.4, -0.2) is 19.2 Å². The molecule has 0 bridgehead atoms. The highest BCUT2D eigenvalue weighted by molar-refractivity contribution is 9.10. The third kappa shape index (κ3) is 5.84. The smallest absolute Gasteiger partial charge is 0.133 e. The van der Waals surface area contributed by atoms with Crippen LogP contribution < -0.4 is 10.1 Å². The molecule has 1 aliphatic rings. The van der Waals surface area contributed by atoms with Crippen molar-refractivity contribution in [2.24, 2.45) is 0 Å². The highest BCUT2D eigenvalue weighted by Crippen LogP contribution is 2.26. The maximum Gasteiger partial charge on any atom is 0.133 e. The van der Waals surface area contributed by atoms with Crippen molar-refractivity contribution in [1.29, 1.82) is 0 Å². The zero-order chi connectivity index (χ0) is 14.2. The van der Waals surface area contributed by atoms with E-state index in [1.165, 1.54) is 57.1 Å². The SMILES string of the molecule is CCOc1ccc(CCCCCCNC2CC2)cc1Br. The lowest BCUT2D eigenvalue weighted by Crippen LogP contribution is -2.17. The highest BCUT2D eigenvalue weighted by atomic mass is 79.9. The lowest BCUT2D eigenvalue weighted by atomic mass is 10.1. The number of nitrogens with one attached hydrogen (secondary N) is 1. The fourth-order valence-corrected chi connectivity index (χ4v) is 2.91. The molecule has 1 aromatic carbocycles. The summed E-state index contributed by atoms with van der Waals surface area (Å²) in [4.78, 5) is 0. The fraction of sp³-hybridized carbons (Fsp3) is 0.647. The van der Waals surface area contributed by atoms with Gasteiger partial charge in [0.25, 0.3) is 0 Å². The quantitative estimate of drug-likeness (QED) is 0.623. The molecule has 1 aromatic rings. The summed E-state index contributed by atoms with van der Waals surface area (Å²) in [5.74, 6) is 0.947. The Balaban J connectivity index is 1.57. The maximum absolute atomic E-state index is 5.53. The monoisotopic (exact) mass is 339 g/mol. The summed E-state index contributed by atoms with van der Waals surface area (Å²) >= 11 is 3.58. The maximum atomic E-state index is 5.53. The summed E-state index contributed by atoms with van der Waals surface area (Å²) in [6.07, 6.45) is 9.24. The largest absolute Gasteiger partial charge is 0.493 e. The molecule has 0 aromatic heterocycles. The molecule has 0 radical (unpaired) electrons. The van der Waals surface area contributed by atoms with E-state index in [0.717, 1.165) is 16.3 Å². The zero-order valence-corrected chi connectivity index (χ0v) is 14.0. The van der Waals surface area contributed by atoms with Crippen molar-refractivity contribution in [3.63, 3.8) is 0 Å². The molecule has 20 heavy (non-hydrogen) atoms. The van der Waals surface area contributed by atoms with E-state index in [0.29, 0.717) is 6.61 Å². The zero-order valence-electron chi connectivity index (χ0n) is 12.5. The number of halogens is 1. The van der Waals surface area contributed by atoms with Gasteiger partial charge in [-0.1, -0.05) is 18.9 Å². The number of benzene rings is 1. The third-order valence-corrected chi connectivity index (χ3v) is 4.32. The standard InChI is InChI=1S/C17H26BrNO/c1-2-20-17-11-8-14(13-16(17)18)7-5-3-4-6-12-19-15-9-10-15/h8,11,13,15,19H,2-7,9-10,12H2,1H3. The van der Waals surface area contributed by atoms with Crippen LogP contribution in [0.3, 0.4) is 0 Å². The Morgan fingerprint density at radius 2 is 2.00 bits per heavy atom. The molecule has 2 nitrogen and oxygen atoms in total. The van der Waals surface area contributed by atoms with Gasteiger partial charge in [0, 0.05) is 6.04 Å². The molecule has 1 aliphatic carbocycles. The van der Waals surface area contributed by atoms with Gasteiger partial charge in [-0.05, 0) is 79.2 Å². The van der Waals surface area contributed by atoms with Crippen molar-refractivity contribution in [3.8, 4) is 5.75 Å². The molecule has 0 amide bonds. The van der Waals surface area contributed by atoms with Crippen LogP contribution >= 0.6 is 15.9 Å². The van der Waals surface area contributed by atoms with E-state index in [1.54, 1.807) is 0 Å². The minimum absolute atomic E-state index is 0.715. The molecule has 1 saturated carbocycles. The second-order valence-electron chi connectivity index (χ2n) is 5.59. The van der Waals surface area contributed by atoms with Gasteiger partial charge in [-0.15, -0.1) is 0 Å². The molecule has 3 heteroatoms. The Bertz CT molecular complexity index is 404. The van der Waals surface area contributed by atoms with Crippen LogP contribution in [0.2, 0.25) is 0 Å². The van der Waals surface area contributed by atoms with Gasteiger partial charge in [-0.3, -0.25) is 0 Å². The average molecular weight is 340 g/mol. The van der Waals surface area contributed by atoms with E-state index in [9.17, 15) is 0 Å². The van der Waals surface area contributed by atoms with Crippen LogP contribution in [0.4, 0.5) is 0 Å². The number of ether oxygens (including phenoxy) is 1. The van der Waals surface area contributed by atoms with Crippen LogP contribution in [0, 0.1) is 0 Å². The first-order valence-corrected chi connectivity index (χ1v) is 8.73. The molecule has 1 fully saturated rings. The molecule has 0 aliphatic heterocycles. The van der Waals surface area contributed by atoms with E-state index in [-0.39, 0.29) is 0 Å². The second-order valence-corrected chi connectivity index (χ2v) is 6.44. The Kier molecular flexibility index (Phi) is 6.88. The Morgan fingerprint density at radius 1 is 1.20 bits per heavy atom. The Hall–Kier alpha value is -0.540. The number of aryl methyl sites for hydroxylation is 1. The number of hydrogen-bond acceptors (Lipinski definition) is 2. The molecule has 2 rings (SSSR count). The van der Waals surface area contributed by atoms with Crippen LogP contribution in [0.15, 0.2) is 22.7 Å². The first kappa shape index (κ1) is 15.8. The summed E-state index contributed by atoms with van der Waals surface area (Å²) in [5.41, 5.74) is 1.40.